The number of hydrogen-bond donors (Lipinski definition) is 0. The Balaban J connectivity index is 2.54. The molecule has 1 aliphatic heterocycles. The molecule has 3 atom stereocenters. The standard InChI is InChI=1S/C5H10O2S2/c1-5-4-8(6)2-3-9(5)7/h5H,2-4H2,1H3. The van der Waals surface area contributed by atoms with Gasteiger partial charge in [-0.1, -0.05) is 0 Å². The van der Waals surface area contributed by atoms with Gasteiger partial charge in [0.25, 0.3) is 0 Å². The summed E-state index contributed by atoms with van der Waals surface area (Å²) in [5, 5.41) is 0.152. The van der Waals surface area contributed by atoms with E-state index < -0.39 is 21.6 Å². The molecule has 1 heterocycles. The van der Waals surface area contributed by atoms with Gasteiger partial charge in [0.05, 0.1) is 0 Å². The number of rotatable bonds is 0. The molecule has 1 fully saturated rings. The summed E-state index contributed by atoms with van der Waals surface area (Å²) in [5.41, 5.74) is 0. The maximum Gasteiger partial charge on any atom is 0.0435 e. The molecule has 3 unspecified atom stereocenters. The maximum absolute atomic E-state index is 10.9. The van der Waals surface area contributed by atoms with Gasteiger partial charge < -0.3 is 0 Å². The lowest BCUT2D eigenvalue weighted by Crippen LogP contribution is -2.30. The highest BCUT2D eigenvalue weighted by Crippen LogP contribution is 2.05. The first-order valence-electron chi connectivity index (χ1n) is 2.92. The van der Waals surface area contributed by atoms with E-state index in [1.165, 1.54) is 0 Å². The second-order valence-corrected chi connectivity index (χ2v) is 5.80. The molecule has 1 rings (SSSR count). The van der Waals surface area contributed by atoms with Crippen molar-refractivity contribution in [2.24, 2.45) is 0 Å². The summed E-state index contributed by atoms with van der Waals surface area (Å²) in [6.07, 6.45) is 0. The van der Waals surface area contributed by atoms with E-state index in [1.54, 1.807) is 0 Å². The minimum absolute atomic E-state index is 0.152. The Morgan fingerprint density at radius 1 is 1.33 bits per heavy atom. The van der Waals surface area contributed by atoms with Crippen molar-refractivity contribution >= 4 is 21.6 Å². The van der Waals surface area contributed by atoms with Gasteiger partial charge in [-0.2, -0.15) is 0 Å². The first kappa shape index (κ1) is 7.41. The fraction of sp³-hybridized carbons (Fsp3) is 1.00. The minimum atomic E-state index is -0.699. The van der Waals surface area contributed by atoms with Crippen molar-refractivity contribution in [1.29, 1.82) is 0 Å². The predicted octanol–water partition coefficient (Wildman–Crippen LogP) is -0.114. The third-order valence-corrected chi connectivity index (χ3v) is 5.05. The molecule has 0 spiro atoms. The van der Waals surface area contributed by atoms with Crippen LogP contribution in [0.25, 0.3) is 0 Å². The molecular formula is C5H10O2S2. The van der Waals surface area contributed by atoms with E-state index in [4.69, 9.17) is 0 Å². The summed E-state index contributed by atoms with van der Waals surface area (Å²) >= 11 is 0. The topological polar surface area (TPSA) is 34.1 Å². The van der Waals surface area contributed by atoms with Gasteiger partial charge in [0.1, 0.15) is 0 Å². The van der Waals surface area contributed by atoms with Gasteiger partial charge in [-0.15, -0.1) is 0 Å². The van der Waals surface area contributed by atoms with Crippen LogP contribution in [0.3, 0.4) is 0 Å². The lowest BCUT2D eigenvalue weighted by Gasteiger charge is -2.15. The van der Waals surface area contributed by atoms with E-state index in [0.29, 0.717) is 17.3 Å². The van der Waals surface area contributed by atoms with Gasteiger partial charge in [0.2, 0.25) is 0 Å². The summed E-state index contributed by atoms with van der Waals surface area (Å²) in [6, 6.07) is 0. The fourth-order valence-electron chi connectivity index (χ4n) is 0.797. The Morgan fingerprint density at radius 2 is 2.00 bits per heavy atom. The summed E-state index contributed by atoms with van der Waals surface area (Å²) < 4.78 is 21.7. The van der Waals surface area contributed by atoms with Gasteiger partial charge in [-0.25, -0.2) is 0 Å². The Bertz CT molecular complexity index is 155. The maximum atomic E-state index is 10.9. The predicted molar refractivity (Wildman–Crippen MR) is 40.3 cm³/mol. The third-order valence-electron chi connectivity index (χ3n) is 1.38. The smallest absolute Gasteiger partial charge is 0.0435 e. The molecule has 0 radical (unpaired) electrons. The van der Waals surface area contributed by atoms with Gasteiger partial charge in [0.15, 0.2) is 0 Å². The van der Waals surface area contributed by atoms with Crippen molar-refractivity contribution in [2.75, 3.05) is 17.3 Å². The van der Waals surface area contributed by atoms with Gasteiger partial charge >= 0.3 is 0 Å². The molecule has 0 aromatic carbocycles. The molecule has 0 N–H and O–H groups in total. The molecule has 0 amide bonds. The third kappa shape index (κ3) is 1.86. The van der Waals surface area contributed by atoms with E-state index in [2.05, 4.69) is 0 Å². The lowest BCUT2D eigenvalue weighted by molar-refractivity contribution is 0.665. The average molecular weight is 166 g/mol. The first-order valence-corrected chi connectivity index (χ1v) is 5.79. The molecule has 0 aromatic heterocycles. The Hall–Kier alpha value is 0.300. The summed E-state index contributed by atoms with van der Waals surface area (Å²) in [6.45, 7) is 1.90. The van der Waals surface area contributed by atoms with Gasteiger partial charge in [-0.05, 0) is 6.92 Å². The van der Waals surface area contributed by atoms with E-state index in [-0.39, 0.29) is 5.25 Å². The molecule has 0 aromatic rings. The molecule has 4 heteroatoms. The van der Waals surface area contributed by atoms with Crippen LogP contribution in [0.4, 0.5) is 0 Å². The second kappa shape index (κ2) is 2.92. The molecule has 2 nitrogen and oxygen atoms in total. The molecule has 1 saturated heterocycles. The average Bonchev–Trinajstić information content (AvgIpc) is 1.80. The van der Waals surface area contributed by atoms with Gasteiger partial charge in [-0.3, -0.25) is 8.42 Å². The van der Waals surface area contributed by atoms with Crippen molar-refractivity contribution in [1.82, 2.24) is 0 Å². The molecule has 1 aliphatic rings. The highest BCUT2D eigenvalue weighted by atomic mass is 32.2. The van der Waals surface area contributed by atoms with E-state index in [9.17, 15) is 8.42 Å². The van der Waals surface area contributed by atoms with Crippen molar-refractivity contribution in [3.8, 4) is 0 Å². The lowest BCUT2D eigenvalue weighted by atomic mass is 10.6. The molecule has 0 aliphatic carbocycles. The summed E-state index contributed by atoms with van der Waals surface area (Å²) in [4.78, 5) is 0. The Morgan fingerprint density at radius 3 is 2.44 bits per heavy atom. The van der Waals surface area contributed by atoms with Crippen molar-refractivity contribution in [3.05, 3.63) is 0 Å². The molecule has 9 heavy (non-hydrogen) atoms. The highest BCUT2D eigenvalue weighted by Gasteiger charge is 2.20. The molecular weight excluding hydrogens is 156 g/mol. The number of hydrogen-bond acceptors (Lipinski definition) is 2. The first-order chi connectivity index (χ1) is 4.20. The Labute approximate surface area is 59.9 Å². The molecule has 54 valence electrons. The molecule has 0 saturated carbocycles. The normalized spacial score (nSPS) is 44.8. The summed E-state index contributed by atoms with van der Waals surface area (Å²) in [5.74, 6) is 1.90. The largest absolute Gasteiger partial charge is 0.260 e. The van der Waals surface area contributed by atoms with Crippen molar-refractivity contribution in [2.45, 2.75) is 12.2 Å². The van der Waals surface area contributed by atoms with Crippen LogP contribution in [-0.2, 0) is 21.6 Å². The quantitative estimate of drug-likeness (QED) is 0.503. The van der Waals surface area contributed by atoms with Crippen LogP contribution < -0.4 is 0 Å². The monoisotopic (exact) mass is 166 g/mol. The zero-order valence-electron chi connectivity index (χ0n) is 5.33. The van der Waals surface area contributed by atoms with E-state index in [1.807, 2.05) is 6.92 Å². The zero-order valence-corrected chi connectivity index (χ0v) is 6.96. The van der Waals surface area contributed by atoms with Crippen LogP contribution in [0.5, 0.6) is 0 Å². The van der Waals surface area contributed by atoms with Gasteiger partial charge in [0, 0.05) is 44.1 Å². The van der Waals surface area contributed by atoms with Crippen LogP contribution >= 0.6 is 0 Å². The van der Waals surface area contributed by atoms with Crippen LogP contribution in [0, 0.1) is 0 Å². The van der Waals surface area contributed by atoms with E-state index >= 15 is 0 Å². The fourth-order valence-corrected chi connectivity index (χ4v) is 4.35. The highest BCUT2D eigenvalue weighted by molar-refractivity contribution is 7.92. The van der Waals surface area contributed by atoms with E-state index in [0.717, 1.165) is 0 Å². The van der Waals surface area contributed by atoms with Crippen molar-refractivity contribution < 1.29 is 8.42 Å². The SMILES string of the molecule is CC1CS(=O)CCS1=O. The van der Waals surface area contributed by atoms with Crippen molar-refractivity contribution in [3.63, 3.8) is 0 Å². The second-order valence-electron chi connectivity index (χ2n) is 2.21. The zero-order chi connectivity index (χ0) is 6.85. The van der Waals surface area contributed by atoms with Crippen LogP contribution in [0.15, 0.2) is 0 Å². The summed E-state index contributed by atoms with van der Waals surface area (Å²) in [7, 11) is -1.38. The molecule has 0 bridgehead atoms. The minimum Gasteiger partial charge on any atom is -0.260 e. The van der Waals surface area contributed by atoms with Crippen LogP contribution in [0.2, 0.25) is 0 Å². The Kier molecular flexibility index (Phi) is 2.41. The van der Waals surface area contributed by atoms with Crippen LogP contribution in [0.1, 0.15) is 6.92 Å². The van der Waals surface area contributed by atoms with Crippen LogP contribution in [-0.4, -0.2) is 30.9 Å².